The van der Waals surface area contributed by atoms with Crippen LogP contribution in [0.1, 0.15) is 40.5 Å². The quantitative estimate of drug-likeness (QED) is 0.702. The molecule has 1 aliphatic heterocycles. The van der Waals surface area contributed by atoms with Gasteiger partial charge in [0.05, 0.1) is 0 Å². The van der Waals surface area contributed by atoms with Crippen molar-refractivity contribution >= 4 is 11.9 Å². The smallest absolute Gasteiger partial charge is 0.326 e. The molecule has 0 aromatic carbocycles. The Balaban J connectivity index is 2.71. The van der Waals surface area contributed by atoms with Crippen molar-refractivity contribution < 1.29 is 14.7 Å². The fourth-order valence-corrected chi connectivity index (χ4v) is 2.49. The molecule has 1 rings (SSSR count). The first-order valence-electron chi connectivity index (χ1n) is 7.01. The predicted molar refractivity (Wildman–Crippen MR) is 73.8 cm³/mol. The van der Waals surface area contributed by atoms with Gasteiger partial charge in [-0.3, -0.25) is 4.79 Å². The van der Waals surface area contributed by atoms with Crippen LogP contribution in [0.25, 0.3) is 0 Å². The summed E-state index contributed by atoms with van der Waals surface area (Å²) in [5, 5.41) is 15.1. The molecule has 0 aromatic heterocycles. The second kappa shape index (κ2) is 6.37. The zero-order valence-corrected chi connectivity index (χ0v) is 12.3. The van der Waals surface area contributed by atoms with Gasteiger partial charge in [0.2, 0.25) is 5.91 Å². The summed E-state index contributed by atoms with van der Waals surface area (Å²) >= 11 is 0. The number of carboxylic acid groups (broad SMARTS) is 1. The molecule has 1 fully saturated rings. The standard InChI is InChI=1S/C14H26N2O3/c1-9(2)11(12(17)18)16-13(19)14(3,4)10-6-5-7-15-8-10/h9-11,15H,5-8H2,1-4H3,(H,16,19)(H,17,18). The highest BCUT2D eigenvalue weighted by molar-refractivity contribution is 5.87. The Kier molecular flexibility index (Phi) is 5.35. The number of amides is 1. The van der Waals surface area contributed by atoms with E-state index in [9.17, 15) is 9.59 Å². The molecule has 3 N–H and O–H groups in total. The average Bonchev–Trinajstić information content (AvgIpc) is 2.35. The lowest BCUT2D eigenvalue weighted by atomic mass is 9.74. The third kappa shape index (κ3) is 3.93. The summed E-state index contributed by atoms with van der Waals surface area (Å²) in [4.78, 5) is 23.5. The zero-order chi connectivity index (χ0) is 14.6. The van der Waals surface area contributed by atoms with Gasteiger partial charge in [-0.2, -0.15) is 0 Å². The van der Waals surface area contributed by atoms with Crippen LogP contribution in [0.5, 0.6) is 0 Å². The van der Waals surface area contributed by atoms with E-state index < -0.39 is 17.4 Å². The minimum atomic E-state index is -0.971. The first kappa shape index (κ1) is 16.0. The minimum absolute atomic E-state index is 0.123. The summed E-state index contributed by atoms with van der Waals surface area (Å²) in [6, 6.07) is -0.816. The van der Waals surface area contributed by atoms with Crippen LogP contribution in [-0.2, 0) is 9.59 Å². The Morgan fingerprint density at radius 1 is 1.37 bits per heavy atom. The molecule has 2 atom stereocenters. The third-order valence-electron chi connectivity index (χ3n) is 4.12. The van der Waals surface area contributed by atoms with E-state index in [1.165, 1.54) is 0 Å². The van der Waals surface area contributed by atoms with Crippen LogP contribution in [0.15, 0.2) is 0 Å². The molecular formula is C14H26N2O3. The Morgan fingerprint density at radius 2 is 2.00 bits per heavy atom. The monoisotopic (exact) mass is 270 g/mol. The molecule has 1 aliphatic rings. The van der Waals surface area contributed by atoms with Gasteiger partial charge in [-0.05, 0) is 37.8 Å². The highest BCUT2D eigenvalue weighted by Gasteiger charge is 2.39. The Bertz CT molecular complexity index is 334. The molecule has 1 saturated heterocycles. The van der Waals surface area contributed by atoms with Gasteiger partial charge in [0.1, 0.15) is 6.04 Å². The van der Waals surface area contributed by atoms with Gasteiger partial charge >= 0.3 is 5.97 Å². The zero-order valence-electron chi connectivity index (χ0n) is 12.3. The van der Waals surface area contributed by atoms with Crippen molar-refractivity contribution in [2.24, 2.45) is 17.3 Å². The summed E-state index contributed by atoms with van der Waals surface area (Å²) in [6.07, 6.45) is 2.07. The van der Waals surface area contributed by atoms with Crippen molar-refractivity contribution in [3.63, 3.8) is 0 Å². The normalized spacial score (nSPS) is 22.1. The van der Waals surface area contributed by atoms with E-state index in [4.69, 9.17) is 5.11 Å². The number of rotatable bonds is 5. The molecule has 5 heteroatoms. The van der Waals surface area contributed by atoms with Gasteiger partial charge in [-0.1, -0.05) is 27.7 Å². The van der Waals surface area contributed by atoms with Gasteiger partial charge in [-0.15, -0.1) is 0 Å². The molecule has 0 saturated carbocycles. The maximum Gasteiger partial charge on any atom is 0.326 e. The van der Waals surface area contributed by atoms with E-state index >= 15 is 0 Å². The Morgan fingerprint density at radius 3 is 2.42 bits per heavy atom. The highest BCUT2D eigenvalue weighted by atomic mass is 16.4. The van der Waals surface area contributed by atoms with Crippen LogP contribution < -0.4 is 10.6 Å². The molecule has 1 amide bonds. The number of piperidine rings is 1. The molecule has 0 spiro atoms. The van der Waals surface area contributed by atoms with Crippen LogP contribution in [0.4, 0.5) is 0 Å². The van der Waals surface area contributed by atoms with Gasteiger partial charge in [0.25, 0.3) is 0 Å². The van der Waals surface area contributed by atoms with Crippen LogP contribution in [0.2, 0.25) is 0 Å². The van der Waals surface area contributed by atoms with Crippen molar-refractivity contribution in [2.75, 3.05) is 13.1 Å². The number of carbonyl (C=O) groups excluding carboxylic acids is 1. The maximum atomic E-state index is 12.4. The van der Waals surface area contributed by atoms with E-state index in [-0.39, 0.29) is 17.7 Å². The van der Waals surface area contributed by atoms with Crippen molar-refractivity contribution in [1.29, 1.82) is 0 Å². The van der Waals surface area contributed by atoms with E-state index in [0.29, 0.717) is 0 Å². The molecule has 0 aromatic rings. The summed E-state index contributed by atoms with van der Waals surface area (Å²) < 4.78 is 0. The molecule has 5 nitrogen and oxygen atoms in total. The molecule has 1 heterocycles. The first-order valence-corrected chi connectivity index (χ1v) is 7.01. The SMILES string of the molecule is CC(C)C(NC(=O)C(C)(C)C1CCCNC1)C(=O)O. The average molecular weight is 270 g/mol. The molecule has 0 radical (unpaired) electrons. The molecule has 2 unspecified atom stereocenters. The molecule has 0 aliphatic carbocycles. The predicted octanol–water partition coefficient (Wildman–Crippen LogP) is 1.24. The largest absolute Gasteiger partial charge is 0.480 e. The maximum absolute atomic E-state index is 12.4. The summed E-state index contributed by atoms with van der Waals surface area (Å²) in [6.45, 7) is 9.22. The number of carbonyl (C=O) groups is 2. The molecular weight excluding hydrogens is 244 g/mol. The number of nitrogens with one attached hydrogen (secondary N) is 2. The van der Waals surface area contributed by atoms with Crippen LogP contribution in [0.3, 0.4) is 0 Å². The summed E-state index contributed by atoms with van der Waals surface area (Å²) in [5.74, 6) is -1.01. The summed E-state index contributed by atoms with van der Waals surface area (Å²) in [7, 11) is 0. The van der Waals surface area contributed by atoms with Crippen LogP contribution in [-0.4, -0.2) is 36.1 Å². The number of hydrogen-bond donors (Lipinski definition) is 3. The van der Waals surface area contributed by atoms with Gasteiger partial charge < -0.3 is 15.7 Å². The first-order chi connectivity index (χ1) is 8.76. The lowest BCUT2D eigenvalue weighted by Gasteiger charge is -2.37. The number of hydrogen-bond acceptors (Lipinski definition) is 3. The topological polar surface area (TPSA) is 78.4 Å². The van der Waals surface area contributed by atoms with E-state index in [2.05, 4.69) is 10.6 Å². The fourth-order valence-electron chi connectivity index (χ4n) is 2.49. The van der Waals surface area contributed by atoms with Gasteiger partial charge in [0.15, 0.2) is 0 Å². The van der Waals surface area contributed by atoms with Crippen molar-refractivity contribution in [3.05, 3.63) is 0 Å². The van der Waals surface area contributed by atoms with Crippen molar-refractivity contribution in [2.45, 2.75) is 46.6 Å². The van der Waals surface area contributed by atoms with Crippen LogP contribution in [0, 0.1) is 17.3 Å². The lowest BCUT2D eigenvalue weighted by Crippen LogP contribution is -2.53. The fraction of sp³-hybridized carbons (Fsp3) is 0.857. The van der Waals surface area contributed by atoms with Crippen LogP contribution >= 0.6 is 0 Å². The molecule has 19 heavy (non-hydrogen) atoms. The Labute approximate surface area is 115 Å². The van der Waals surface area contributed by atoms with Crippen molar-refractivity contribution in [1.82, 2.24) is 10.6 Å². The summed E-state index contributed by atoms with van der Waals surface area (Å²) in [5.41, 5.74) is -0.546. The van der Waals surface area contributed by atoms with E-state index in [0.717, 1.165) is 25.9 Å². The van der Waals surface area contributed by atoms with Gasteiger partial charge in [-0.25, -0.2) is 4.79 Å². The molecule has 110 valence electrons. The van der Waals surface area contributed by atoms with E-state index in [1.807, 2.05) is 13.8 Å². The number of aliphatic carboxylic acids is 1. The highest BCUT2D eigenvalue weighted by Crippen LogP contribution is 2.32. The Hall–Kier alpha value is -1.10. The lowest BCUT2D eigenvalue weighted by molar-refractivity contribution is -0.145. The van der Waals surface area contributed by atoms with Crippen molar-refractivity contribution in [3.8, 4) is 0 Å². The molecule has 0 bridgehead atoms. The van der Waals surface area contributed by atoms with Gasteiger partial charge in [0, 0.05) is 5.41 Å². The number of carboxylic acids is 1. The van der Waals surface area contributed by atoms with E-state index in [1.54, 1.807) is 13.8 Å². The second-order valence-corrected chi connectivity index (χ2v) is 6.30. The third-order valence-corrected chi connectivity index (χ3v) is 4.12. The second-order valence-electron chi connectivity index (χ2n) is 6.30. The minimum Gasteiger partial charge on any atom is -0.480 e.